The number of allylic oxidation sites excluding steroid dienone is 2. The lowest BCUT2D eigenvalue weighted by Crippen LogP contribution is -1.80. The Morgan fingerprint density at radius 2 is 2.08 bits per heavy atom. The molecule has 0 aliphatic carbocycles. The molecule has 1 aromatic heterocycles. The van der Waals surface area contributed by atoms with Crippen LogP contribution in [0.2, 0.25) is 0 Å². The first kappa shape index (κ1) is 11.0. The van der Waals surface area contributed by atoms with Gasteiger partial charge in [0.05, 0.1) is 0 Å². The minimum absolute atomic E-state index is 0.972. The van der Waals surface area contributed by atoms with E-state index in [1.165, 1.54) is 5.57 Å². The highest BCUT2D eigenvalue weighted by Gasteiger charge is 1.96. The van der Waals surface area contributed by atoms with Gasteiger partial charge in [-0.1, -0.05) is 19.9 Å². The smallest absolute Gasteiger partial charge is 0.132 e. The molecule has 1 N–H and O–H groups in total. The summed E-state index contributed by atoms with van der Waals surface area (Å²) in [5.74, 6) is 0.972. The highest BCUT2D eigenvalue weighted by Crippen LogP contribution is 2.07. The first-order chi connectivity index (χ1) is 5.74. The fourth-order valence-corrected chi connectivity index (χ4v) is 0.750. The van der Waals surface area contributed by atoms with Gasteiger partial charge < -0.3 is 4.98 Å². The van der Waals surface area contributed by atoms with E-state index in [9.17, 15) is 0 Å². The van der Waals surface area contributed by atoms with Gasteiger partial charge in [-0.15, -0.1) is 0 Å². The summed E-state index contributed by atoms with van der Waals surface area (Å²) in [7, 11) is 0. The van der Waals surface area contributed by atoms with Crippen molar-refractivity contribution in [3.8, 4) is 0 Å². The number of rotatable bonds is 1. The van der Waals surface area contributed by atoms with E-state index in [1.807, 2.05) is 46.9 Å². The molecule has 0 bridgehead atoms. The molecule has 0 saturated carbocycles. The van der Waals surface area contributed by atoms with E-state index in [4.69, 9.17) is 0 Å². The van der Waals surface area contributed by atoms with Crippen molar-refractivity contribution in [1.29, 1.82) is 0 Å². The molecular weight excluding hydrogens is 148 g/mol. The number of aryl methyl sites for hydroxylation is 1. The van der Waals surface area contributed by atoms with Gasteiger partial charge in [0, 0.05) is 11.9 Å². The van der Waals surface area contributed by atoms with Crippen LogP contribution in [0.5, 0.6) is 0 Å². The Balaban J connectivity index is 0.000000561. The van der Waals surface area contributed by atoms with E-state index in [2.05, 4.69) is 9.97 Å². The van der Waals surface area contributed by atoms with Crippen molar-refractivity contribution in [2.45, 2.75) is 34.6 Å². The van der Waals surface area contributed by atoms with E-state index in [1.54, 1.807) is 0 Å². The van der Waals surface area contributed by atoms with Gasteiger partial charge in [-0.2, -0.15) is 0 Å². The van der Waals surface area contributed by atoms with Gasteiger partial charge in [-0.3, -0.25) is 0 Å². The molecule has 12 heavy (non-hydrogen) atoms. The SMILES string of the molecule is C/C=C(/C)c1ncc(C)[nH]1.CC. The summed E-state index contributed by atoms with van der Waals surface area (Å²) in [6, 6.07) is 0. The monoisotopic (exact) mass is 166 g/mol. The second-order valence-electron chi connectivity index (χ2n) is 2.39. The van der Waals surface area contributed by atoms with Crippen LogP contribution in [0.15, 0.2) is 12.3 Å². The molecule has 0 radical (unpaired) electrons. The first-order valence-corrected chi connectivity index (χ1v) is 4.39. The fraction of sp³-hybridized carbons (Fsp3) is 0.500. The number of aromatic amines is 1. The van der Waals surface area contributed by atoms with Crippen molar-refractivity contribution < 1.29 is 0 Å². The van der Waals surface area contributed by atoms with Gasteiger partial charge in [-0.05, 0) is 26.3 Å². The zero-order chi connectivity index (χ0) is 9.56. The molecule has 0 aliphatic heterocycles. The molecule has 0 atom stereocenters. The van der Waals surface area contributed by atoms with Gasteiger partial charge in [0.1, 0.15) is 5.82 Å². The summed E-state index contributed by atoms with van der Waals surface area (Å²) in [5.41, 5.74) is 2.30. The maximum atomic E-state index is 4.16. The third kappa shape index (κ3) is 2.91. The average molecular weight is 166 g/mol. The first-order valence-electron chi connectivity index (χ1n) is 4.39. The molecule has 0 unspecified atom stereocenters. The second kappa shape index (κ2) is 5.58. The molecule has 1 heterocycles. The van der Waals surface area contributed by atoms with Crippen molar-refractivity contribution >= 4 is 5.57 Å². The quantitative estimate of drug-likeness (QED) is 0.682. The summed E-state index contributed by atoms with van der Waals surface area (Å²) in [5, 5.41) is 0. The Hall–Kier alpha value is -1.05. The van der Waals surface area contributed by atoms with Crippen molar-refractivity contribution in [3.05, 3.63) is 23.8 Å². The largest absolute Gasteiger partial charge is 0.342 e. The summed E-state index contributed by atoms with van der Waals surface area (Å²) in [4.78, 5) is 7.31. The Morgan fingerprint density at radius 1 is 1.50 bits per heavy atom. The minimum atomic E-state index is 0.972. The van der Waals surface area contributed by atoms with Gasteiger partial charge in [0.15, 0.2) is 0 Å². The molecule has 0 aromatic carbocycles. The van der Waals surface area contributed by atoms with E-state index < -0.39 is 0 Å². The zero-order valence-electron chi connectivity index (χ0n) is 8.60. The second-order valence-corrected chi connectivity index (χ2v) is 2.39. The van der Waals surface area contributed by atoms with E-state index >= 15 is 0 Å². The lowest BCUT2D eigenvalue weighted by molar-refractivity contribution is 1.19. The molecule has 0 aliphatic rings. The van der Waals surface area contributed by atoms with Gasteiger partial charge in [0.25, 0.3) is 0 Å². The number of nitrogens with one attached hydrogen (secondary N) is 1. The highest BCUT2D eigenvalue weighted by molar-refractivity contribution is 5.56. The lowest BCUT2D eigenvalue weighted by Gasteiger charge is -1.91. The number of H-pyrrole nitrogens is 1. The Kier molecular flexibility index (Phi) is 5.09. The number of imidazole rings is 1. The molecule has 1 aromatic rings. The molecule has 2 heteroatoms. The van der Waals surface area contributed by atoms with E-state index in [0.29, 0.717) is 0 Å². The molecule has 0 fully saturated rings. The molecule has 0 amide bonds. The number of hydrogen-bond donors (Lipinski definition) is 1. The van der Waals surface area contributed by atoms with Crippen LogP contribution in [0.1, 0.15) is 39.2 Å². The molecule has 1 rings (SSSR count). The minimum Gasteiger partial charge on any atom is -0.342 e. The molecule has 68 valence electrons. The number of nitrogens with zero attached hydrogens (tertiary/aromatic N) is 1. The maximum absolute atomic E-state index is 4.16. The highest BCUT2D eigenvalue weighted by atomic mass is 14.9. The maximum Gasteiger partial charge on any atom is 0.132 e. The number of aromatic nitrogens is 2. The van der Waals surface area contributed by atoms with Crippen LogP contribution in [-0.2, 0) is 0 Å². The van der Waals surface area contributed by atoms with Crippen molar-refractivity contribution in [2.24, 2.45) is 0 Å². The van der Waals surface area contributed by atoms with Gasteiger partial charge >= 0.3 is 0 Å². The average Bonchev–Trinajstić information content (AvgIpc) is 2.54. The molecule has 0 spiro atoms. The van der Waals surface area contributed by atoms with Crippen LogP contribution in [0.3, 0.4) is 0 Å². The summed E-state index contributed by atoms with van der Waals surface area (Å²) >= 11 is 0. The topological polar surface area (TPSA) is 28.7 Å². The normalized spacial score (nSPS) is 10.6. The van der Waals surface area contributed by atoms with Crippen LogP contribution in [0.4, 0.5) is 0 Å². The third-order valence-electron chi connectivity index (χ3n) is 1.51. The summed E-state index contributed by atoms with van der Waals surface area (Å²) in [6.07, 6.45) is 3.88. The van der Waals surface area contributed by atoms with Crippen LogP contribution in [0.25, 0.3) is 5.57 Å². The van der Waals surface area contributed by atoms with Crippen molar-refractivity contribution in [2.75, 3.05) is 0 Å². The molecule has 2 nitrogen and oxygen atoms in total. The third-order valence-corrected chi connectivity index (χ3v) is 1.51. The Bertz CT molecular complexity index is 246. The van der Waals surface area contributed by atoms with E-state index in [0.717, 1.165) is 11.5 Å². The Morgan fingerprint density at radius 3 is 2.42 bits per heavy atom. The van der Waals surface area contributed by atoms with Crippen LogP contribution < -0.4 is 0 Å². The van der Waals surface area contributed by atoms with E-state index in [-0.39, 0.29) is 0 Å². The zero-order valence-corrected chi connectivity index (χ0v) is 8.60. The lowest BCUT2D eigenvalue weighted by atomic mass is 10.3. The molecular formula is C10H18N2. The van der Waals surface area contributed by atoms with Gasteiger partial charge in [-0.25, -0.2) is 4.98 Å². The van der Waals surface area contributed by atoms with Crippen LogP contribution in [-0.4, -0.2) is 9.97 Å². The summed E-state index contributed by atoms with van der Waals surface area (Å²) < 4.78 is 0. The number of hydrogen-bond acceptors (Lipinski definition) is 1. The Labute approximate surface area is 74.7 Å². The standard InChI is InChI=1S/C8H12N2.C2H6/c1-4-6(2)8-9-5-7(3)10-8;1-2/h4-5H,1-3H3,(H,9,10);1-2H3/b6-4-;. The molecule has 0 saturated heterocycles. The van der Waals surface area contributed by atoms with Crippen molar-refractivity contribution in [1.82, 2.24) is 9.97 Å². The van der Waals surface area contributed by atoms with Crippen LogP contribution >= 0.6 is 0 Å². The van der Waals surface area contributed by atoms with Crippen molar-refractivity contribution in [3.63, 3.8) is 0 Å². The predicted molar refractivity (Wildman–Crippen MR) is 54.0 cm³/mol. The predicted octanol–water partition coefficient (Wildman–Crippen LogP) is 3.17. The summed E-state index contributed by atoms with van der Waals surface area (Å²) in [6.45, 7) is 10.0. The van der Waals surface area contributed by atoms with Crippen LogP contribution in [0, 0.1) is 6.92 Å². The van der Waals surface area contributed by atoms with Gasteiger partial charge in [0.2, 0.25) is 0 Å². The fourth-order valence-electron chi connectivity index (χ4n) is 0.750.